The summed E-state index contributed by atoms with van der Waals surface area (Å²) in [6, 6.07) is 13.4. The van der Waals surface area contributed by atoms with Gasteiger partial charge in [-0.3, -0.25) is 4.79 Å². The number of rotatable bonds is 6. The van der Waals surface area contributed by atoms with Crippen molar-refractivity contribution in [1.82, 2.24) is 5.32 Å². The van der Waals surface area contributed by atoms with Gasteiger partial charge in [0, 0.05) is 0 Å². The molecule has 0 saturated heterocycles. The lowest BCUT2D eigenvalue weighted by atomic mass is 10.0. The van der Waals surface area contributed by atoms with E-state index in [1.165, 1.54) is 24.3 Å². The maximum absolute atomic E-state index is 12.9. The zero-order chi connectivity index (χ0) is 17.5. The zero-order valence-electron chi connectivity index (χ0n) is 13.1. The van der Waals surface area contributed by atoms with E-state index in [0.29, 0.717) is 16.9 Å². The molecule has 2 rings (SSSR count). The molecule has 0 aliphatic heterocycles. The summed E-state index contributed by atoms with van der Waals surface area (Å²) in [7, 11) is 0. The molecule has 2 aromatic rings. The zero-order valence-corrected chi connectivity index (χ0v) is 13.1. The molecule has 5 nitrogen and oxygen atoms in total. The molecule has 0 aliphatic carbocycles. The normalized spacial score (nSPS) is 12.8. The summed E-state index contributed by atoms with van der Waals surface area (Å²) in [4.78, 5) is 11.9. The van der Waals surface area contributed by atoms with Crippen LogP contribution in [-0.2, 0) is 4.79 Å². The van der Waals surface area contributed by atoms with E-state index in [9.17, 15) is 14.3 Å². The summed E-state index contributed by atoms with van der Waals surface area (Å²) < 4.78 is 18.2. The lowest BCUT2D eigenvalue weighted by molar-refractivity contribution is -0.124. The molecule has 0 saturated carbocycles. The molecule has 2 aromatic carbocycles. The largest absolute Gasteiger partial charge is 0.482 e. The van der Waals surface area contributed by atoms with Gasteiger partial charge in [-0.2, -0.15) is 5.26 Å². The van der Waals surface area contributed by atoms with Crippen molar-refractivity contribution in [3.05, 3.63) is 65.5 Å². The number of carbonyl (C=O) groups excluding carboxylic acids is 1. The van der Waals surface area contributed by atoms with E-state index in [-0.39, 0.29) is 6.61 Å². The molecule has 0 bridgehead atoms. The van der Waals surface area contributed by atoms with E-state index in [0.717, 1.165) is 0 Å². The summed E-state index contributed by atoms with van der Waals surface area (Å²) in [6.07, 6.45) is -0.971. The van der Waals surface area contributed by atoms with Crippen molar-refractivity contribution in [3.8, 4) is 11.8 Å². The van der Waals surface area contributed by atoms with E-state index < -0.39 is 23.9 Å². The van der Waals surface area contributed by atoms with Crippen LogP contribution in [-0.4, -0.2) is 23.7 Å². The molecule has 0 unspecified atom stereocenters. The molecule has 0 aromatic heterocycles. The first-order valence-electron chi connectivity index (χ1n) is 7.36. The van der Waals surface area contributed by atoms with Gasteiger partial charge in [0.05, 0.1) is 17.7 Å². The van der Waals surface area contributed by atoms with Gasteiger partial charge in [0.2, 0.25) is 0 Å². The van der Waals surface area contributed by atoms with Crippen LogP contribution < -0.4 is 10.1 Å². The number of halogens is 1. The smallest absolute Gasteiger partial charge is 0.258 e. The number of carbonyl (C=O) groups is 1. The standard InChI is InChI=1S/C18H17FN2O3/c1-12(18(23)13-6-8-15(19)9-7-13)21-17(22)11-24-16-5-3-2-4-14(16)10-20/h2-9,12,18,23H,11H2,1H3,(H,21,22)/t12-,18-/m1/s1. The van der Waals surface area contributed by atoms with Gasteiger partial charge in [0.1, 0.15) is 17.6 Å². The maximum atomic E-state index is 12.9. The molecule has 2 N–H and O–H groups in total. The Kier molecular flexibility index (Phi) is 5.88. The quantitative estimate of drug-likeness (QED) is 0.852. The number of aliphatic hydroxyl groups is 1. The predicted molar refractivity (Wildman–Crippen MR) is 85.6 cm³/mol. The van der Waals surface area contributed by atoms with Crippen LogP contribution in [0.3, 0.4) is 0 Å². The third-order valence-electron chi connectivity index (χ3n) is 3.44. The van der Waals surface area contributed by atoms with Gasteiger partial charge in [-0.25, -0.2) is 4.39 Å². The summed E-state index contributed by atoms with van der Waals surface area (Å²) in [5.41, 5.74) is 0.838. The van der Waals surface area contributed by atoms with Crippen molar-refractivity contribution in [2.45, 2.75) is 19.1 Å². The Hall–Kier alpha value is -2.91. The highest BCUT2D eigenvalue weighted by Crippen LogP contribution is 2.18. The van der Waals surface area contributed by atoms with Crippen molar-refractivity contribution in [1.29, 1.82) is 5.26 Å². The van der Waals surface area contributed by atoms with Gasteiger partial charge < -0.3 is 15.2 Å². The maximum Gasteiger partial charge on any atom is 0.258 e. The Balaban J connectivity index is 1.89. The topological polar surface area (TPSA) is 82.3 Å². The highest BCUT2D eigenvalue weighted by molar-refractivity contribution is 5.78. The van der Waals surface area contributed by atoms with Crippen LogP contribution in [0.25, 0.3) is 0 Å². The molecule has 0 heterocycles. The molecule has 124 valence electrons. The highest BCUT2D eigenvalue weighted by Gasteiger charge is 2.19. The van der Waals surface area contributed by atoms with Crippen molar-refractivity contribution in [2.75, 3.05) is 6.61 Å². The number of nitriles is 1. The van der Waals surface area contributed by atoms with Crippen LogP contribution in [0, 0.1) is 17.1 Å². The fourth-order valence-electron chi connectivity index (χ4n) is 2.15. The number of para-hydroxylation sites is 1. The second-order valence-electron chi connectivity index (χ2n) is 5.25. The molecular formula is C18H17FN2O3. The van der Waals surface area contributed by atoms with Crippen molar-refractivity contribution < 1.29 is 19.0 Å². The molecule has 0 radical (unpaired) electrons. The molecule has 24 heavy (non-hydrogen) atoms. The molecule has 0 fully saturated rings. The van der Waals surface area contributed by atoms with Crippen LogP contribution in [0.4, 0.5) is 4.39 Å². The van der Waals surface area contributed by atoms with E-state index in [2.05, 4.69) is 5.32 Å². The highest BCUT2D eigenvalue weighted by atomic mass is 19.1. The van der Waals surface area contributed by atoms with Crippen molar-refractivity contribution in [3.63, 3.8) is 0 Å². The van der Waals surface area contributed by atoms with Gasteiger partial charge in [-0.1, -0.05) is 24.3 Å². The van der Waals surface area contributed by atoms with Crippen molar-refractivity contribution in [2.24, 2.45) is 0 Å². The monoisotopic (exact) mass is 328 g/mol. The van der Waals surface area contributed by atoms with Crippen LogP contribution >= 0.6 is 0 Å². The Morgan fingerprint density at radius 2 is 1.96 bits per heavy atom. The summed E-state index contributed by atoms with van der Waals surface area (Å²) in [5.74, 6) is -0.509. The molecule has 6 heteroatoms. The van der Waals surface area contributed by atoms with Gasteiger partial charge in [0.25, 0.3) is 5.91 Å². The average Bonchev–Trinajstić information content (AvgIpc) is 2.60. The second-order valence-corrected chi connectivity index (χ2v) is 5.25. The van der Waals surface area contributed by atoms with E-state index in [4.69, 9.17) is 10.00 Å². The molecule has 2 atom stereocenters. The molecule has 0 aliphatic rings. The van der Waals surface area contributed by atoms with Gasteiger partial charge in [0.15, 0.2) is 6.61 Å². The number of nitrogens with one attached hydrogen (secondary N) is 1. The van der Waals surface area contributed by atoms with Gasteiger partial charge in [-0.05, 0) is 36.8 Å². The Morgan fingerprint density at radius 3 is 2.62 bits per heavy atom. The minimum atomic E-state index is -0.971. The fourth-order valence-corrected chi connectivity index (χ4v) is 2.15. The molecule has 0 spiro atoms. The number of benzene rings is 2. The minimum Gasteiger partial charge on any atom is -0.482 e. The molecule has 1 amide bonds. The van der Waals surface area contributed by atoms with Gasteiger partial charge in [-0.15, -0.1) is 0 Å². The lowest BCUT2D eigenvalue weighted by Crippen LogP contribution is -2.39. The Morgan fingerprint density at radius 1 is 1.29 bits per heavy atom. The summed E-state index contributed by atoms with van der Waals surface area (Å²) in [5, 5.41) is 21.7. The Bertz CT molecular complexity index is 741. The third kappa shape index (κ3) is 4.54. The SMILES string of the molecule is C[C@@H](NC(=O)COc1ccccc1C#N)[C@@H](O)c1ccc(F)cc1. The van der Waals surface area contributed by atoms with Crippen molar-refractivity contribution >= 4 is 5.91 Å². The van der Waals surface area contributed by atoms with E-state index >= 15 is 0 Å². The number of amides is 1. The molecular weight excluding hydrogens is 311 g/mol. The third-order valence-corrected chi connectivity index (χ3v) is 3.44. The average molecular weight is 328 g/mol. The van der Waals surface area contributed by atoms with Crippen LogP contribution in [0.5, 0.6) is 5.75 Å². The fraction of sp³-hybridized carbons (Fsp3) is 0.222. The predicted octanol–water partition coefficient (Wildman–Crippen LogP) is 2.31. The Labute approximate surface area is 139 Å². The van der Waals surface area contributed by atoms with Crippen LogP contribution in [0.2, 0.25) is 0 Å². The van der Waals surface area contributed by atoms with Crippen LogP contribution in [0.1, 0.15) is 24.2 Å². The number of hydrogen-bond acceptors (Lipinski definition) is 4. The second kappa shape index (κ2) is 8.09. The van der Waals surface area contributed by atoms with E-state index in [1.54, 1.807) is 31.2 Å². The number of ether oxygens (including phenoxy) is 1. The number of hydrogen-bond donors (Lipinski definition) is 2. The number of nitrogens with zero attached hydrogens (tertiary/aromatic N) is 1. The number of aliphatic hydroxyl groups excluding tert-OH is 1. The summed E-state index contributed by atoms with van der Waals surface area (Å²) in [6.45, 7) is 1.36. The van der Waals surface area contributed by atoms with Gasteiger partial charge >= 0.3 is 0 Å². The minimum absolute atomic E-state index is 0.279. The first-order valence-corrected chi connectivity index (χ1v) is 7.36. The first-order chi connectivity index (χ1) is 11.5. The lowest BCUT2D eigenvalue weighted by Gasteiger charge is -2.20. The first kappa shape index (κ1) is 17.4. The van der Waals surface area contributed by atoms with Crippen LogP contribution in [0.15, 0.2) is 48.5 Å². The van der Waals surface area contributed by atoms with E-state index in [1.807, 2.05) is 6.07 Å². The summed E-state index contributed by atoms with van der Waals surface area (Å²) >= 11 is 0.